The summed E-state index contributed by atoms with van der Waals surface area (Å²) < 4.78 is 10.4. The van der Waals surface area contributed by atoms with Gasteiger partial charge in [-0.1, -0.05) is 25.0 Å². The molecule has 1 atom stereocenters. The van der Waals surface area contributed by atoms with E-state index in [9.17, 15) is 4.79 Å². The summed E-state index contributed by atoms with van der Waals surface area (Å²) in [7, 11) is 3.52. The minimum absolute atomic E-state index is 0. The average molecular weight is 532 g/mol. The van der Waals surface area contributed by atoms with E-state index in [0.717, 1.165) is 69.1 Å². The molecule has 0 aromatic heterocycles. The molecule has 0 radical (unpaired) electrons. The molecule has 0 spiro atoms. The van der Waals surface area contributed by atoms with E-state index in [4.69, 9.17) is 9.47 Å². The van der Waals surface area contributed by atoms with Gasteiger partial charge in [0.05, 0.1) is 19.4 Å². The summed E-state index contributed by atoms with van der Waals surface area (Å²) in [6, 6.07) is 8.51. The van der Waals surface area contributed by atoms with Crippen LogP contribution in [0.25, 0.3) is 0 Å². The molecule has 1 unspecified atom stereocenters. The van der Waals surface area contributed by atoms with E-state index in [0.29, 0.717) is 19.1 Å². The number of para-hydroxylation sites is 2. The first-order chi connectivity index (χ1) is 14.2. The lowest BCUT2D eigenvalue weighted by Crippen LogP contribution is -2.44. The highest BCUT2D eigenvalue weighted by molar-refractivity contribution is 14.0. The van der Waals surface area contributed by atoms with Crippen LogP contribution in [0.2, 0.25) is 0 Å². The van der Waals surface area contributed by atoms with Crippen LogP contribution in [0, 0.1) is 0 Å². The number of carbonyl (C=O) groups excluding carboxylic acids is 1. The van der Waals surface area contributed by atoms with Crippen LogP contribution >= 0.6 is 24.0 Å². The SMILES string of the molecule is CCOC(=O)CCCCCCNC(=NC)NC1CCN(c2ccccc2OC)C1.I. The Morgan fingerprint density at radius 3 is 2.73 bits per heavy atom. The van der Waals surface area contributed by atoms with Crippen LogP contribution in [-0.4, -0.2) is 58.4 Å². The number of guanidine groups is 1. The molecular weight excluding hydrogens is 495 g/mol. The Balaban J connectivity index is 0.00000450. The van der Waals surface area contributed by atoms with Gasteiger partial charge in [0.25, 0.3) is 0 Å². The molecule has 0 saturated carbocycles. The molecular formula is C22H37IN4O3. The Labute approximate surface area is 198 Å². The number of esters is 1. The third-order valence-corrected chi connectivity index (χ3v) is 5.08. The molecule has 1 saturated heterocycles. The number of hydrogen-bond donors (Lipinski definition) is 2. The van der Waals surface area contributed by atoms with Gasteiger partial charge in [-0.2, -0.15) is 0 Å². The Morgan fingerprint density at radius 1 is 1.23 bits per heavy atom. The van der Waals surface area contributed by atoms with Gasteiger partial charge in [-0.15, -0.1) is 24.0 Å². The number of carbonyl (C=O) groups is 1. The first kappa shape index (κ1) is 26.3. The lowest BCUT2D eigenvalue weighted by molar-refractivity contribution is -0.143. The lowest BCUT2D eigenvalue weighted by atomic mass is 10.1. The molecule has 1 heterocycles. The van der Waals surface area contributed by atoms with Gasteiger partial charge in [0.15, 0.2) is 5.96 Å². The molecule has 8 heteroatoms. The fourth-order valence-electron chi connectivity index (χ4n) is 3.56. The molecule has 1 fully saturated rings. The summed E-state index contributed by atoms with van der Waals surface area (Å²) in [4.78, 5) is 18.0. The second kappa shape index (κ2) is 15.1. The van der Waals surface area contributed by atoms with E-state index in [2.05, 4.69) is 26.6 Å². The Kier molecular flexibility index (Phi) is 13.3. The maximum Gasteiger partial charge on any atom is 0.305 e. The van der Waals surface area contributed by atoms with Crippen LogP contribution in [0.4, 0.5) is 5.69 Å². The van der Waals surface area contributed by atoms with Crippen LogP contribution in [0.5, 0.6) is 5.75 Å². The first-order valence-corrected chi connectivity index (χ1v) is 10.7. The number of anilines is 1. The molecule has 1 aliphatic rings. The zero-order chi connectivity index (χ0) is 20.9. The highest BCUT2D eigenvalue weighted by atomic mass is 127. The van der Waals surface area contributed by atoms with Crippen molar-refractivity contribution in [1.29, 1.82) is 0 Å². The van der Waals surface area contributed by atoms with Crippen LogP contribution in [-0.2, 0) is 9.53 Å². The molecule has 1 aliphatic heterocycles. The van der Waals surface area contributed by atoms with E-state index >= 15 is 0 Å². The topological polar surface area (TPSA) is 75.2 Å². The molecule has 0 aliphatic carbocycles. The first-order valence-electron chi connectivity index (χ1n) is 10.7. The van der Waals surface area contributed by atoms with Crippen molar-refractivity contribution < 1.29 is 14.3 Å². The van der Waals surface area contributed by atoms with E-state index in [1.54, 1.807) is 7.11 Å². The standard InChI is InChI=1S/C22H36N4O3.HI/c1-4-29-21(27)13-7-5-6-10-15-24-22(23-2)25-18-14-16-26(17-18)19-11-8-9-12-20(19)28-3;/h8-9,11-12,18H,4-7,10,13-17H2,1-3H3,(H2,23,24,25);1H. The minimum Gasteiger partial charge on any atom is -0.495 e. The lowest BCUT2D eigenvalue weighted by Gasteiger charge is -2.22. The number of benzene rings is 1. The van der Waals surface area contributed by atoms with Crippen LogP contribution in [0.1, 0.15) is 45.4 Å². The number of hydrogen-bond acceptors (Lipinski definition) is 5. The summed E-state index contributed by atoms with van der Waals surface area (Å²) in [5.74, 6) is 1.68. The highest BCUT2D eigenvalue weighted by Gasteiger charge is 2.25. The molecule has 1 aromatic carbocycles. The maximum absolute atomic E-state index is 11.3. The van der Waals surface area contributed by atoms with Crippen molar-refractivity contribution >= 4 is 41.6 Å². The van der Waals surface area contributed by atoms with Crippen molar-refractivity contribution in [2.45, 2.75) is 51.5 Å². The smallest absolute Gasteiger partial charge is 0.305 e. The number of ether oxygens (including phenoxy) is 2. The van der Waals surface area contributed by atoms with Gasteiger partial charge in [-0.25, -0.2) is 0 Å². The van der Waals surface area contributed by atoms with Gasteiger partial charge in [-0.3, -0.25) is 9.79 Å². The van der Waals surface area contributed by atoms with Gasteiger partial charge >= 0.3 is 5.97 Å². The largest absolute Gasteiger partial charge is 0.495 e. The number of methoxy groups -OCH3 is 1. The normalized spacial score (nSPS) is 16.0. The number of halogens is 1. The van der Waals surface area contributed by atoms with Crippen molar-refractivity contribution in [3.8, 4) is 5.75 Å². The quantitative estimate of drug-likeness (QED) is 0.149. The zero-order valence-electron chi connectivity index (χ0n) is 18.5. The number of aliphatic imine (C=N–C) groups is 1. The second-order valence-electron chi connectivity index (χ2n) is 7.22. The van der Waals surface area contributed by atoms with Gasteiger partial charge < -0.3 is 25.0 Å². The van der Waals surface area contributed by atoms with Crippen molar-refractivity contribution in [1.82, 2.24) is 10.6 Å². The third-order valence-electron chi connectivity index (χ3n) is 5.08. The van der Waals surface area contributed by atoms with Crippen molar-refractivity contribution in [3.05, 3.63) is 24.3 Å². The fourth-order valence-corrected chi connectivity index (χ4v) is 3.56. The van der Waals surface area contributed by atoms with Gasteiger partial charge in [0.1, 0.15) is 5.75 Å². The van der Waals surface area contributed by atoms with Crippen molar-refractivity contribution in [2.75, 3.05) is 45.3 Å². The van der Waals surface area contributed by atoms with Crippen LogP contribution < -0.4 is 20.3 Å². The molecule has 170 valence electrons. The Morgan fingerprint density at radius 2 is 2.00 bits per heavy atom. The molecule has 7 nitrogen and oxygen atoms in total. The fraction of sp³-hybridized carbons (Fsp3) is 0.636. The van der Waals surface area contributed by atoms with Gasteiger partial charge in [-0.05, 0) is 38.3 Å². The number of nitrogens with one attached hydrogen (secondary N) is 2. The van der Waals surface area contributed by atoms with Gasteiger partial charge in [0.2, 0.25) is 0 Å². The maximum atomic E-state index is 11.3. The van der Waals surface area contributed by atoms with E-state index in [-0.39, 0.29) is 29.9 Å². The average Bonchev–Trinajstić information content (AvgIpc) is 3.20. The van der Waals surface area contributed by atoms with E-state index < -0.39 is 0 Å². The number of unbranched alkanes of at least 4 members (excludes halogenated alkanes) is 3. The summed E-state index contributed by atoms with van der Waals surface area (Å²) in [6.07, 6.45) is 5.67. The highest BCUT2D eigenvalue weighted by Crippen LogP contribution is 2.30. The summed E-state index contributed by atoms with van der Waals surface area (Å²) in [5, 5.41) is 6.93. The van der Waals surface area contributed by atoms with E-state index in [1.165, 1.54) is 0 Å². The molecule has 0 amide bonds. The Hall–Kier alpha value is -1.71. The zero-order valence-corrected chi connectivity index (χ0v) is 20.8. The number of rotatable bonds is 11. The summed E-state index contributed by atoms with van der Waals surface area (Å²) in [6.45, 7) is 5.10. The molecule has 2 rings (SSSR count). The molecule has 0 bridgehead atoms. The number of nitrogens with zero attached hydrogens (tertiary/aromatic N) is 2. The third kappa shape index (κ3) is 8.97. The summed E-state index contributed by atoms with van der Waals surface area (Å²) in [5.41, 5.74) is 1.14. The van der Waals surface area contributed by atoms with E-state index in [1.807, 2.05) is 32.2 Å². The monoisotopic (exact) mass is 532 g/mol. The minimum atomic E-state index is -0.0889. The molecule has 2 N–H and O–H groups in total. The van der Waals surface area contributed by atoms with Crippen LogP contribution in [0.15, 0.2) is 29.3 Å². The van der Waals surface area contributed by atoms with Gasteiger partial charge in [0, 0.05) is 39.1 Å². The van der Waals surface area contributed by atoms with Crippen molar-refractivity contribution in [3.63, 3.8) is 0 Å². The molecule has 30 heavy (non-hydrogen) atoms. The predicted molar refractivity (Wildman–Crippen MR) is 133 cm³/mol. The molecule has 1 aromatic rings. The van der Waals surface area contributed by atoms with Crippen molar-refractivity contribution in [2.24, 2.45) is 4.99 Å². The summed E-state index contributed by atoms with van der Waals surface area (Å²) >= 11 is 0. The predicted octanol–water partition coefficient (Wildman–Crippen LogP) is 3.57. The Bertz CT molecular complexity index is 657. The van der Waals surface area contributed by atoms with Crippen LogP contribution in [0.3, 0.4) is 0 Å². The second-order valence-corrected chi connectivity index (χ2v) is 7.22.